The van der Waals surface area contributed by atoms with E-state index in [0.717, 1.165) is 21.1 Å². The third kappa shape index (κ3) is 2.79. The number of nitrogens with one attached hydrogen (secondary N) is 2. The lowest BCUT2D eigenvalue weighted by atomic mass is 10.2. The number of nitriles is 1. The molecule has 0 saturated heterocycles. The van der Waals surface area contributed by atoms with Crippen molar-refractivity contribution in [2.24, 2.45) is 0 Å². The Morgan fingerprint density at radius 1 is 1.40 bits per heavy atom. The highest BCUT2D eigenvalue weighted by Gasteiger charge is 2.15. The molecule has 4 nitrogen and oxygen atoms in total. The summed E-state index contributed by atoms with van der Waals surface area (Å²) >= 11 is 3.12. The maximum atomic E-state index is 11.4. The van der Waals surface area contributed by atoms with Gasteiger partial charge in [0.15, 0.2) is 0 Å². The molecule has 0 saturated carbocycles. The molecule has 0 bridgehead atoms. The van der Waals surface area contributed by atoms with E-state index in [1.165, 1.54) is 0 Å². The molecular weight excluding hydrogens is 290 g/mol. The smallest absolute Gasteiger partial charge is 0.234 e. The molecule has 1 aromatic carbocycles. The predicted octanol–water partition coefficient (Wildman–Crippen LogP) is 3.28. The number of amides is 1. The van der Waals surface area contributed by atoms with Crippen molar-refractivity contribution in [3.63, 3.8) is 0 Å². The van der Waals surface area contributed by atoms with E-state index in [1.807, 2.05) is 29.6 Å². The second-order valence-corrected chi connectivity index (χ2v) is 6.33. The Labute approximate surface area is 124 Å². The van der Waals surface area contributed by atoms with Crippen molar-refractivity contribution in [1.29, 1.82) is 5.26 Å². The predicted molar refractivity (Wildman–Crippen MR) is 82.2 cm³/mol. The lowest BCUT2D eigenvalue weighted by Gasteiger charge is -2.17. The minimum Gasteiger partial charge on any atom is -0.380 e. The summed E-state index contributed by atoms with van der Waals surface area (Å²) in [5.74, 6) is 0.517. The number of anilines is 2. The summed E-state index contributed by atoms with van der Waals surface area (Å²) in [6.45, 7) is 0.673. The molecule has 20 heavy (non-hydrogen) atoms. The van der Waals surface area contributed by atoms with Crippen LogP contribution in [0, 0.1) is 11.3 Å². The van der Waals surface area contributed by atoms with Gasteiger partial charge in [-0.15, -0.1) is 23.1 Å². The number of benzene rings is 1. The normalized spacial score (nSPS) is 13.2. The van der Waals surface area contributed by atoms with Crippen molar-refractivity contribution >= 4 is 40.4 Å². The molecule has 3 rings (SSSR count). The van der Waals surface area contributed by atoms with E-state index >= 15 is 0 Å². The van der Waals surface area contributed by atoms with Gasteiger partial charge in [-0.3, -0.25) is 4.79 Å². The molecule has 100 valence electrons. The molecule has 1 aliphatic heterocycles. The lowest BCUT2D eigenvalue weighted by molar-refractivity contribution is -0.113. The Balaban J connectivity index is 1.70. The first-order chi connectivity index (χ1) is 9.74. The Hall–Kier alpha value is -1.97. The standard InChI is InChI=1S/C14H11N3OS2/c15-5-9-3-11(19-7-9)6-16-10-1-2-13-12(4-10)17-14(18)8-20-13/h1-4,7,16H,6,8H2,(H,17,18). The van der Waals surface area contributed by atoms with Crippen LogP contribution in [0.5, 0.6) is 0 Å². The third-order valence-electron chi connectivity index (χ3n) is 2.86. The molecule has 0 aliphatic carbocycles. The van der Waals surface area contributed by atoms with Crippen molar-refractivity contribution in [3.05, 3.63) is 40.1 Å². The van der Waals surface area contributed by atoms with Crippen LogP contribution < -0.4 is 10.6 Å². The van der Waals surface area contributed by atoms with Gasteiger partial charge < -0.3 is 10.6 Å². The molecule has 2 N–H and O–H groups in total. The summed E-state index contributed by atoms with van der Waals surface area (Å²) in [6.07, 6.45) is 0. The van der Waals surface area contributed by atoms with E-state index in [9.17, 15) is 4.79 Å². The van der Waals surface area contributed by atoms with Gasteiger partial charge in [-0.25, -0.2) is 0 Å². The number of carbonyl (C=O) groups excluding carboxylic acids is 1. The van der Waals surface area contributed by atoms with Crippen molar-refractivity contribution in [1.82, 2.24) is 0 Å². The summed E-state index contributed by atoms with van der Waals surface area (Å²) in [6, 6.07) is 9.96. The number of nitrogens with zero attached hydrogens (tertiary/aromatic N) is 1. The molecule has 1 aromatic heterocycles. The maximum Gasteiger partial charge on any atom is 0.234 e. The zero-order chi connectivity index (χ0) is 13.9. The fourth-order valence-corrected chi connectivity index (χ4v) is 3.45. The molecule has 2 aromatic rings. The number of carbonyl (C=O) groups is 1. The molecule has 0 atom stereocenters. The van der Waals surface area contributed by atoms with Crippen molar-refractivity contribution in [2.75, 3.05) is 16.4 Å². The van der Waals surface area contributed by atoms with Gasteiger partial charge >= 0.3 is 0 Å². The number of hydrogen-bond donors (Lipinski definition) is 2. The van der Waals surface area contributed by atoms with Crippen LogP contribution in [0.4, 0.5) is 11.4 Å². The van der Waals surface area contributed by atoms with Gasteiger partial charge in [0.2, 0.25) is 5.91 Å². The topological polar surface area (TPSA) is 64.9 Å². The summed E-state index contributed by atoms with van der Waals surface area (Å²) in [5, 5.41) is 16.8. The molecule has 0 spiro atoms. The zero-order valence-electron chi connectivity index (χ0n) is 10.5. The SMILES string of the molecule is N#Cc1csc(CNc2ccc3c(c2)NC(=O)CS3)c1. The summed E-state index contributed by atoms with van der Waals surface area (Å²) in [4.78, 5) is 13.6. The lowest BCUT2D eigenvalue weighted by Crippen LogP contribution is -2.18. The number of thiophene rings is 1. The molecule has 1 aliphatic rings. The van der Waals surface area contributed by atoms with Crippen LogP contribution in [0.25, 0.3) is 0 Å². The van der Waals surface area contributed by atoms with Crippen LogP contribution in [-0.2, 0) is 11.3 Å². The number of thioether (sulfide) groups is 1. The van der Waals surface area contributed by atoms with E-state index in [4.69, 9.17) is 5.26 Å². The minimum absolute atomic E-state index is 0.0385. The number of fused-ring (bicyclic) bond motifs is 1. The van der Waals surface area contributed by atoms with Crippen LogP contribution in [0.1, 0.15) is 10.4 Å². The van der Waals surface area contributed by atoms with Gasteiger partial charge in [-0.1, -0.05) is 0 Å². The quantitative estimate of drug-likeness (QED) is 0.913. The van der Waals surface area contributed by atoms with Crippen LogP contribution in [0.3, 0.4) is 0 Å². The van der Waals surface area contributed by atoms with Crippen molar-refractivity contribution in [2.45, 2.75) is 11.4 Å². The fourth-order valence-electron chi connectivity index (χ4n) is 1.91. The summed E-state index contributed by atoms with van der Waals surface area (Å²) in [7, 11) is 0. The first kappa shape index (κ1) is 13.0. The molecule has 2 heterocycles. The van der Waals surface area contributed by atoms with E-state index < -0.39 is 0 Å². The van der Waals surface area contributed by atoms with Gasteiger partial charge in [0.05, 0.1) is 17.0 Å². The molecule has 1 amide bonds. The Bertz CT molecular complexity index is 703. The first-order valence-electron chi connectivity index (χ1n) is 6.03. The molecule has 0 fully saturated rings. The molecular formula is C14H11N3OS2. The molecule has 6 heteroatoms. The Kier molecular flexibility index (Phi) is 3.63. The second kappa shape index (κ2) is 5.57. The average molecular weight is 301 g/mol. The molecule has 0 radical (unpaired) electrons. The maximum absolute atomic E-state index is 11.4. The zero-order valence-corrected chi connectivity index (χ0v) is 12.1. The minimum atomic E-state index is 0.0385. The third-order valence-corrected chi connectivity index (χ3v) is 4.87. The number of rotatable bonds is 3. The van der Waals surface area contributed by atoms with Gasteiger partial charge in [0.1, 0.15) is 6.07 Å². The van der Waals surface area contributed by atoms with E-state index in [2.05, 4.69) is 16.7 Å². The first-order valence-corrected chi connectivity index (χ1v) is 7.89. The second-order valence-electron chi connectivity index (χ2n) is 4.31. The molecule has 0 unspecified atom stereocenters. The van der Waals surface area contributed by atoms with E-state index in [0.29, 0.717) is 17.9 Å². The van der Waals surface area contributed by atoms with Crippen LogP contribution in [-0.4, -0.2) is 11.7 Å². The van der Waals surface area contributed by atoms with E-state index in [1.54, 1.807) is 23.1 Å². The van der Waals surface area contributed by atoms with Gasteiger partial charge in [0.25, 0.3) is 0 Å². The Morgan fingerprint density at radius 3 is 3.10 bits per heavy atom. The van der Waals surface area contributed by atoms with Crippen LogP contribution >= 0.6 is 23.1 Å². The monoisotopic (exact) mass is 301 g/mol. The van der Waals surface area contributed by atoms with Gasteiger partial charge in [0, 0.05) is 27.4 Å². The average Bonchev–Trinajstić information content (AvgIpc) is 2.92. The summed E-state index contributed by atoms with van der Waals surface area (Å²) in [5.41, 5.74) is 2.51. The Morgan fingerprint density at radius 2 is 2.30 bits per heavy atom. The van der Waals surface area contributed by atoms with Crippen LogP contribution in [0.15, 0.2) is 34.5 Å². The highest BCUT2D eigenvalue weighted by atomic mass is 32.2. The van der Waals surface area contributed by atoms with Crippen molar-refractivity contribution < 1.29 is 4.79 Å². The number of hydrogen-bond acceptors (Lipinski definition) is 5. The fraction of sp³-hybridized carbons (Fsp3) is 0.143. The van der Waals surface area contributed by atoms with E-state index in [-0.39, 0.29) is 5.91 Å². The van der Waals surface area contributed by atoms with Crippen molar-refractivity contribution in [3.8, 4) is 6.07 Å². The van der Waals surface area contributed by atoms with Crippen LogP contribution in [0.2, 0.25) is 0 Å². The summed E-state index contributed by atoms with van der Waals surface area (Å²) < 4.78 is 0. The largest absolute Gasteiger partial charge is 0.380 e. The van der Waals surface area contributed by atoms with Gasteiger partial charge in [-0.2, -0.15) is 5.26 Å². The van der Waals surface area contributed by atoms with Gasteiger partial charge in [-0.05, 0) is 24.3 Å². The highest BCUT2D eigenvalue weighted by molar-refractivity contribution is 8.00. The highest BCUT2D eigenvalue weighted by Crippen LogP contribution is 2.33.